The van der Waals surface area contributed by atoms with Crippen LogP contribution in [0.4, 0.5) is 0 Å². The lowest BCUT2D eigenvalue weighted by molar-refractivity contribution is 0.482. The van der Waals surface area contributed by atoms with Crippen molar-refractivity contribution in [3.05, 3.63) is 42.0 Å². The summed E-state index contributed by atoms with van der Waals surface area (Å²) in [4.78, 5) is 0. The van der Waals surface area contributed by atoms with E-state index in [0.717, 1.165) is 5.56 Å². The Morgan fingerprint density at radius 1 is 1.31 bits per heavy atom. The van der Waals surface area contributed by atoms with Crippen LogP contribution in [0.25, 0.3) is 6.08 Å². The van der Waals surface area contributed by atoms with Crippen LogP contribution < -0.4 is 0 Å². The van der Waals surface area contributed by atoms with Gasteiger partial charge < -0.3 is 0 Å². The molecule has 70 valence electrons. The lowest BCUT2D eigenvalue weighted by atomic mass is 10.1. The van der Waals surface area contributed by atoms with Crippen LogP contribution in [0.15, 0.2) is 30.8 Å². The number of rotatable bonds is 3. The second kappa shape index (κ2) is 3.72. The summed E-state index contributed by atoms with van der Waals surface area (Å²) in [7, 11) is -3.92. The Labute approximate surface area is 77.5 Å². The van der Waals surface area contributed by atoms with Gasteiger partial charge in [0.2, 0.25) is 0 Å². The monoisotopic (exact) mass is 198 g/mol. The molecule has 1 rings (SSSR count). The zero-order chi connectivity index (χ0) is 9.90. The van der Waals surface area contributed by atoms with Crippen molar-refractivity contribution in [2.24, 2.45) is 0 Å². The molecule has 1 aromatic rings. The molecule has 0 aliphatic carbocycles. The highest BCUT2D eigenvalue weighted by Crippen LogP contribution is 2.08. The molecule has 0 saturated carbocycles. The van der Waals surface area contributed by atoms with Gasteiger partial charge in [-0.15, -0.1) is 0 Å². The predicted molar refractivity (Wildman–Crippen MR) is 51.8 cm³/mol. The molecular weight excluding hydrogens is 188 g/mol. The molecule has 4 heteroatoms. The fourth-order valence-electron chi connectivity index (χ4n) is 0.961. The first-order valence-electron chi connectivity index (χ1n) is 3.68. The Hall–Kier alpha value is -1.13. The van der Waals surface area contributed by atoms with Crippen molar-refractivity contribution in [1.82, 2.24) is 0 Å². The minimum atomic E-state index is -3.92. The molecule has 0 bridgehead atoms. The van der Waals surface area contributed by atoms with Gasteiger partial charge >= 0.3 is 0 Å². The fraction of sp³-hybridized carbons (Fsp3) is 0.111. The van der Waals surface area contributed by atoms with E-state index < -0.39 is 10.1 Å². The van der Waals surface area contributed by atoms with E-state index >= 15 is 0 Å². The Morgan fingerprint density at radius 2 is 1.85 bits per heavy atom. The summed E-state index contributed by atoms with van der Waals surface area (Å²) in [5, 5.41) is 0. The Morgan fingerprint density at radius 3 is 2.23 bits per heavy atom. The topological polar surface area (TPSA) is 54.4 Å². The molecule has 0 spiro atoms. The van der Waals surface area contributed by atoms with E-state index in [4.69, 9.17) is 4.55 Å². The maximum absolute atomic E-state index is 10.5. The predicted octanol–water partition coefficient (Wildman–Crippen LogP) is 1.72. The van der Waals surface area contributed by atoms with Crippen LogP contribution in [-0.2, 0) is 15.9 Å². The van der Waals surface area contributed by atoms with Gasteiger partial charge in [-0.05, 0) is 11.1 Å². The van der Waals surface area contributed by atoms with Gasteiger partial charge in [0.15, 0.2) is 0 Å². The third kappa shape index (κ3) is 3.40. The lowest BCUT2D eigenvalue weighted by Crippen LogP contribution is -2.01. The quantitative estimate of drug-likeness (QED) is 0.752. The third-order valence-electron chi connectivity index (χ3n) is 1.56. The fourth-order valence-corrected chi connectivity index (χ4v) is 1.57. The highest BCUT2D eigenvalue weighted by Gasteiger charge is 2.05. The molecule has 13 heavy (non-hydrogen) atoms. The molecule has 0 atom stereocenters. The summed E-state index contributed by atoms with van der Waals surface area (Å²) in [6, 6.07) is 6.77. The molecule has 0 unspecified atom stereocenters. The molecule has 0 heterocycles. The van der Waals surface area contributed by atoms with Gasteiger partial charge in [0, 0.05) is 0 Å². The molecule has 0 saturated heterocycles. The number of hydrogen-bond acceptors (Lipinski definition) is 2. The molecule has 0 aliphatic rings. The molecule has 0 fully saturated rings. The Kier molecular flexibility index (Phi) is 2.85. The minimum absolute atomic E-state index is 0.343. The Bertz CT molecular complexity index is 389. The first-order chi connectivity index (χ1) is 6.01. The van der Waals surface area contributed by atoms with E-state index in [1.54, 1.807) is 30.3 Å². The molecular formula is C9H10O3S. The summed E-state index contributed by atoms with van der Waals surface area (Å²) < 4.78 is 29.5. The van der Waals surface area contributed by atoms with E-state index in [9.17, 15) is 8.42 Å². The summed E-state index contributed by atoms with van der Waals surface area (Å²) in [5.41, 5.74) is 1.48. The molecule has 1 N–H and O–H groups in total. The van der Waals surface area contributed by atoms with E-state index in [1.807, 2.05) is 0 Å². The van der Waals surface area contributed by atoms with Gasteiger partial charge in [0.1, 0.15) is 5.75 Å². The van der Waals surface area contributed by atoms with Gasteiger partial charge in [0.05, 0.1) is 0 Å². The summed E-state index contributed by atoms with van der Waals surface area (Å²) >= 11 is 0. The van der Waals surface area contributed by atoms with Gasteiger partial charge in [-0.3, -0.25) is 4.55 Å². The van der Waals surface area contributed by atoms with Crippen molar-refractivity contribution in [2.45, 2.75) is 5.75 Å². The van der Waals surface area contributed by atoms with Crippen LogP contribution in [0.3, 0.4) is 0 Å². The molecule has 0 aromatic heterocycles. The normalized spacial score (nSPS) is 11.2. The smallest absolute Gasteiger partial charge is 0.269 e. The second-order valence-corrected chi connectivity index (χ2v) is 4.12. The van der Waals surface area contributed by atoms with E-state index in [-0.39, 0.29) is 5.75 Å². The van der Waals surface area contributed by atoms with Crippen LogP contribution in [0.1, 0.15) is 11.1 Å². The first kappa shape index (κ1) is 9.95. The largest absolute Gasteiger partial charge is 0.285 e. The van der Waals surface area contributed by atoms with Crippen LogP contribution in [0.5, 0.6) is 0 Å². The third-order valence-corrected chi connectivity index (χ3v) is 2.26. The zero-order valence-corrected chi connectivity index (χ0v) is 7.79. The van der Waals surface area contributed by atoms with Crippen molar-refractivity contribution in [3.63, 3.8) is 0 Å². The second-order valence-electron chi connectivity index (χ2n) is 2.67. The minimum Gasteiger partial charge on any atom is -0.285 e. The van der Waals surface area contributed by atoms with Crippen molar-refractivity contribution in [3.8, 4) is 0 Å². The van der Waals surface area contributed by atoms with Crippen LogP contribution in [0, 0.1) is 0 Å². The number of benzene rings is 1. The van der Waals surface area contributed by atoms with E-state index in [1.165, 1.54) is 0 Å². The highest BCUT2D eigenvalue weighted by atomic mass is 32.2. The summed E-state index contributed by atoms with van der Waals surface area (Å²) in [6.07, 6.45) is 1.66. The van der Waals surface area contributed by atoms with Crippen molar-refractivity contribution in [1.29, 1.82) is 0 Å². The molecule has 0 aliphatic heterocycles. The van der Waals surface area contributed by atoms with Crippen LogP contribution >= 0.6 is 0 Å². The lowest BCUT2D eigenvalue weighted by Gasteiger charge is -1.98. The van der Waals surface area contributed by atoms with Crippen LogP contribution in [-0.4, -0.2) is 13.0 Å². The maximum atomic E-state index is 10.5. The number of hydrogen-bond donors (Lipinski definition) is 1. The van der Waals surface area contributed by atoms with Gasteiger partial charge in [-0.1, -0.05) is 36.9 Å². The van der Waals surface area contributed by atoms with Crippen molar-refractivity contribution in [2.75, 3.05) is 0 Å². The standard InChI is InChI=1S/C9H10O3S/c1-2-8-3-5-9(6-4-8)7-13(10,11)12/h2-6H,1,7H2,(H,10,11,12). The van der Waals surface area contributed by atoms with Crippen molar-refractivity contribution >= 4 is 16.2 Å². The first-order valence-corrected chi connectivity index (χ1v) is 5.29. The molecule has 0 radical (unpaired) electrons. The molecule has 3 nitrogen and oxygen atoms in total. The molecule has 1 aromatic carbocycles. The summed E-state index contributed by atoms with van der Waals surface area (Å²) in [6.45, 7) is 3.57. The molecule has 0 amide bonds. The Balaban J connectivity index is 2.87. The van der Waals surface area contributed by atoms with Gasteiger partial charge in [0.25, 0.3) is 10.1 Å². The van der Waals surface area contributed by atoms with E-state index in [2.05, 4.69) is 6.58 Å². The average Bonchev–Trinajstić information content (AvgIpc) is 2.03. The van der Waals surface area contributed by atoms with Crippen molar-refractivity contribution < 1.29 is 13.0 Å². The summed E-state index contributed by atoms with van der Waals surface area (Å²) in [5.74, 6) is -0.343. The average molecular weight is 198 g/mol. The maximum Gasteiger partial charge on any atom is 0.269 e. The highest BCUT2D eigenvalue weighted by molar-refractivity contribution is 7.85. The SMILES string of the molecule is C=Cc1ccc(CS(=O)(=O)O)cc1. The van der Waals surface area contributed by atoms with Gasteiger partial charge in [-0.2, -0.15) is 8.42 Å². The van der Waals surface area contributed by atoms with Gasteiger partial charge in [-0.25, -0.2) is 0 Å². The zero-order valence-electron chi connectivity index (χ0n) is 6.97. The van der Waals surface area contributed by atoms with Crippen LogP contribution in [0.2, 0.25) is 0 Å². The van der Waals surface area contributed by atoms with E-state index in [0.29, 0.717) is 5.56 Å².